The number of rotatable bonds is 4. The van der Waals surface area contributed by atoms with Crippen LogP contribution in [0.1, 0.15) is 23.0 Å². The zero-order chi connectivity index (χ0) is 11.1. The molecule has 78 valence electrons. The molecule has 0 spiro atoms. The summed E-state index contributed by atoms with van der Waals surface area (Å²) in [5, 5.41) is 3.35. The van der Waals surface area contributed by atoms with Crippen LogP contribution < -0.4 is 0 Å². The van der Waals surface area contributed by atoms with E-state index in [9.17, 15) is 4.79 Å². The lowest BCUT2D eigenvalue weighted by atomic mass is 10.2. The Morgan fingerprint density at radius 1 is 1.67 bits per heavy atom. The minimum atomic E-state index is -0.402. The Balaban J connectivity index is 2.71. The number of ether oxygens (including phenoxy) is 1. The third-order valence-electron chi connectivity index (χ3n) is 1.63. The Labute approximate surface area is 86.5 Å². The lowest BCUT2D eigenvalue weighted by Crippen LogP contribution is -2.05. The van der Waals surface area contributed by atoms with Crippen LogP contribution in [0.3, 0.4) is 0 Å². The first-order valence-electron chi connectivity index (χ1n) is 4.40. The van der Waals surface area contributed by atoms with Crippen LogP contribution in [-0.2, 0) is 11.3 Å². The maximum Gasteiger partial charge on any atom is 0.339 e. The first kappa shape index (κ1) is 11.0. The molecular formula is C9H10N4O2. The molecule has 1 aromatic rings. The molecule has 6 heteroatoms. The van der Waals surface area contributed by atoms with Gasteiger partial charge in [-0.3, -0.25) is 4.98 Å². The predicted octanol–water partition coefficient (Wildman–Crippen LogP) is 2.07. The van der Waals surface area contributed by atoms with Gasteiger partial charge in [-0.2, -0.15) is 0 Å². The van der Waals surface area contributed by atoms with E-state index in [1.807, 2.05) is 0 Å². The average Bonchev–Trinajstić information content (AvgIpc) is 2.27. The molecule has 0 radical (unpaired) electrons. The molecule has 1 aromatic heterocycles. The molecule has 0 aromatic carbocycles. The zero-order valence-electron chi connectivity index (χ0n) is 8.25. The lowest BCUT2D eigenvalue weighted by Gasteiger charge is -2.01. The molecule has 0 fully saturated rings. The second-order valence-electron chi connectivity index (χ2n) is 2.65. The van der Waals surface area contributed by atoms with Gasteiger partial charge in [0.1, 0.15) is 0 Å². The summed E-state index contributed by atoms with van der Waals surface area (Å²) < 4.78 is 4.79. The van der Waals surface area contributed by atoms with Crippen LogP contribution in [0.25, 0.3) is 10.4 Å². The maximum atomic E-state index is 11.2. The molecular weight excluding hydrogens is 196 g/mol. The van der Waals surface area contributed by atoms with Crippen molar-refractivity contribution in [1.29, 1.82) is 0 Å². The number of hydrogen-bond acceptors (Lipinski definition) is 4. The SMILES string of the molecule is CCOC(=O)c1ccc(CN=[N+]=[N-])nc1. The Hall–Kier alpha value is -2.07. The number of aromatic nitrogens is 1. The Morgan fingerprint density at radius 2 is 2.47 bits per heavy atom. The highest BCUT2D eigenvalue weighted by Crippen LogP contribution is 2.03. The highest BCUT2D eigenvalue weighted by Gasteiger charge is 2.05. The normalized spacial score (nSPS) is 9.13. The van der Waals surface area contributed by atoms with Gasteiger partial charge in [-0.05, 0) is 24.6 Å². The van der Waals surface area contributed by atoms with Crippen LogP contribution in [0.4, 0.5) is 0 Å². The molecule has 0 amide bonds. The van der Waals surface area contributed by atoms with E-state index in [0.29, 0.717) is 17.9 Å². The number of azide groups is 1. The second-order valence-corrected chi connectivity index (χ2v) is 2.65. The molecule has 1 heterocycles. The molecule has 0 unspecified atom stereocenters. The van der Waals surface area contributed by atoms with Crippen LogP contribution >= 0.6 is 0 Å². The van der Waals surface area contributed by atoms with Gasteiger partial charge in [-0.25, -0.2) is 4.79 Å². The molecule has 0 aliphatic rings. The first-order valence-corrected chi connectivity index (χ1v) is 4.40. The van der Waals surface area contributed by atoms with E-state index in [1.165, 1.54) is 6.20 Å². The molecule has 0 atom stereocenters. The van der Waals surface area contributed by atoms with Crippen LogP contribution in [0.15, 0.2) is 23.4 Å². The summed E-state index contributed by atoms with van der Waals surface area (Å²) in [6, 6.07) is 3.22. The van der Waals surface area contributed by atoms with E-state index in [-0.39, 0.29) is 6.54 Å². The largest absolute Gasteiger partial charge is 0.462 e. The van der Waals surface area contributed by atoms with Crippen LogP contribution in [0.2, 0.25) is 0 Å². The Morgan fingerprint density at radius 3 is 3.00 bits per heavy atom. The summed E-state index contributed by atoms with van der Waals surface area (Å²) in [5.41, 5.74) is 9.10. The van der Waals surface area contributed by atoms with Crippen molar-refractivity contribution in [2.75, 3.05) is 6.61 Å². The molecule has 6 nitrogen and oxygen atoms in total. The monoisotopic (exact) mass is 206 g/mol. The predicted molar refractivity (Wildman–Crippen MR) is 53.0 cm³/mol. The smallest absolute Gasteiger partial charge is 0.339 e. The quantitative estimate of drug-likeness (QED) is 0.327. The minimum Gasteiger partial charge on any atom is -0.462 e. The second kappa shape index (κ2) is 5.62. The van der Waals surface area contributed by atoms with E-state index in [1.54, 1.807) is 19.1 Å². The van der Waals surface area contributed by atoms with Crippen molar-refractivity contribution in [3.8, 4) is 0 Å². The Bertz CT molecular complexity index is 382. The molecule has 0 saturated carbocycles. The van der Waals surface area contributed by atoms with Gasteiger partial charge in [0.15, 0.2) is 0 Å². The van der Waals surface area contributed by atoms with Gasteiger partial charge >= 0.3 is 5.97 Å². The summed E-state index contributed by atoms with van der Waals surface area (Å²) >= 11 is 0. The standard InChI is InChI=1S/C9H10N4O2/c1-2-15-9(14)7-3-4-8(11-5-7)6-12-13-10/h3-5H,2,6H2,1H3. The van der Waals surface area contributed by atoms with Crippen molar-refractivity contribution in [2.45, 2.75) is 13.5 Å². The molecule has 0 saturated heterocycles. The summed E-state index contributed by atoms with van der Waals surface area (Å²) in [6.45, 7) is 2.25. The number of carbonyl (C=O) groups is 1. The fourth-order valence-electron chi connectivity index (χ4n) is 0.957. The van der Waals surface area contributed by atoms with E-state index in [4.69, 9.17) is 10.3 Å². The van der Waals surface area contributed by atoms with Crippen LogP contribution in [0, 0.1) is 0 Å². The molecule has 0 aliphatic carbocycles. The highest BCUT2D eigenvalue weighted by molar-refractivity contribution is 5.88. The van der Waals surface area contributed by atoms with Gasteiger partial charge in [0.2, 0.25) is 0 Å². The number of pyridine rings is 1. The van der Waals surface area contributed by atoms with Gasteiger partial charge in [0.25, 0.3) is 0 Å². The minimum absolute atomic E-state index is 0.180. The van der Waals surface area contributed by atoms with Crippen molar-refractivity contribution >= 4 is 5.97 Å². The van der Waals surface area contributed by atoms with Gasteiger partial charge in [-0.15, -0.1) is 0 Å². The summed E-state index contributed by atoms with van der Waals surface area (Å²) in [4.78, 5) is 17.8. The number of esters is 1. The van der Waals surface area contributed by atoms with Crippen molar-refractivity contribution in [3.05, 3.63) is 40.0 Å². The van der Waals surface area contributed by atoms with Gasteiger partial charge in [-0.1, -0.05) is 5.11 Å². The van der Waals surface area contributed by atoms with E-state index >= 15 is 0 Å². The fourth-order valence-corrected chi connectivity index (χ4v) is 0.957. The van der Waals surface area contributed by atoms with Crippen LogP contribution in [0.5, 0.6) is 0 Å². The first-order chi connectivity index (χ1) is 7.27. The van der Waals surface area contributed by atoms with Gasteiger partial charge in [0, 0.05) is 16.8 Å². The fraction of sp³-hybridized carbons (Fsp3) is 0.333. The number of nitrogens with zero attached hydrogens (tertiary/aromatic N) is 4. The average molecular weight is 206 g/mol. The molecule has 1 rings (SSSR count). The molecule has 0 aliphatic heterocycles. The number of hydrogen-bond donors (Lipinski definition) is 0. The van der Waals surface area contributed by atoms with Crippen molar-refractivity contribution in [2.24, 2.45) is 5.11 Å². The van der Waals surface area contributed by atoms with Gasteiger partial charge in [0.05, 0.1) is 18.7 Å². The van der Waals surface area contributed by atoms with Crippen molar-refractivity contribution in [1.82, 2.24) is 4.98 Å². The summed E-state index contributed by atoms with van der Waals surface area (Å²) in [6.07, 6.45) is 1.40. The van der Waals surface area contributed by atoms with E-state index in [2.05, 4.69) is 15.0 Å². The lowest BCUT2D eigenvalue weighted by molar-refractivity contribution is 0.0526. The summed E-state index contributed by atoms with van der Waals surface area (Å²) in [5.74, 6) is -0.402. The molecule has 15 heavy (non-hydrogen) atoms. The van der Waals surface area contributed by atoms with Crippen molar-refractivity contribution < 1.29 is 9.53 Å². The molecule has 0 bridgehead atoms. The van der Waals surface area contributed by atoms with Gasteiger partial charge < -0.3 is 4.74 Å². The molecule has 0 N–H and O–H groups in total. The van der Waals surface area contributed by atoms with E-state index in [0.717, 1.165) is 0 Å². The van der Waals surface area contributed by atoms with E-state index < -0.39 is 5.97 Å². The Kier molecular flexibility index (Phi) is 4.12. The van der Waals surface area contributed by atoms with Crippen LogP contribution in [-0.4, -0.2) is 17.6 Å². The number of carbonyl (C=O) groups excluding carboxylic acids is 1. The topological polar surface area (TPSA) is 88.0 Å². The third-order valence-corrected chi connectivity index (χ3v) is 1.63. The highest BCUT2D eigenvalue weighted by atomic mass is 16.5. The third kappa shape index (κ3) is 3.28. The summed E-state index contributed by atoms with van der Waals surface area (Å²) in [7, 11) is 0. The maximum absolute atomic E-state index is 11.2. The van der Waals surface area contributed by atoms with Crippen molar-refractivity contribution in [3.63, 3.8) is 0 Å². The zero-order valence-corrected chi connectivity index (χ0v) is 8.25.